The average molecular weight is 253 g/mol. The minimum absolute atomic E-state index is 0.101. The Hall–Kier alpha value is -0.480. The molecule has 0 fully saturated rings. The molecule has 0 saturated carbocycles. The van der Waals surface area contributed by atoms with E-state index in [1.165, 1.54) is 17.8 Å². The van der Waals surface area contributed by atoms with Crippen LogP contribution in [0.3, 0.4) is 0 Å². The largest absolute Gasteiger partial charge is 0.507 e. The van der Waals surface area contributed by atoms with E-state index in [4.69, 9.17) is 11.6 Å². The number of phenols is 1. The van der Waals surface area contributed by atoms with Gasteiger partial charge in [-0.15, -0.1) is 11.8 Å². The smallest absolute Gasteiger partial charge is 0.238 e. The Balaban J connectivity index is 2.43. The number of hydrogen-bond acceptors (Lipinski definition) is 2. The Morgan fingerprint density at radius 2 is 2.13 bits per heavy atom. The lowest BCUT2D eigenvalue weighted by Crippen LogP contribution is -1.91. The molecule has 0 aliphatic carbocycles. The van der Waals surface area contributed by atoms with Gasteiger partial charge in [-0.1, -0.05) is 17.7 Å². The first-order valence-electron chi connectivity index (χ1n) is 4.49. The predicted octanol–water partition coefficient (Wildman–Crippen LogP) is 4.18. The Kier molecular flexibility index (Phi) is 5.19. The van der Waals surface area contributed by atoms with E-state index >= 15 is 0 Å². The van der Waals surface area contributed by atoms with Gasteiger partial charge in [-0.2, -0.15) is 0 Å². The molecule has 1 rings (SSSR count). The molecule has 0 spiro atoms. The van der Waals surface area contributed by atoms with E-state index in [1.807, 2.05) is 0 Å². The molecule has 0 radical (unpaired) electrons. The van der Waals surface area contributed by atoms with Gasteiger partial charge >= 0.3 is 0 Å². The molecule has 1 nitrogen and oxygen atoms in total. The quantitative estimate of drug-likeness (QED) is 0.627. The van der Waals surface area contributed by atoms with Gasteiger partial charge in [0.15, 0.2) is 0 Å². The second-order valence-electron chi connectivity index (χ2n) is 2.97. The van der Waals surface area contributed by atoms with Gasteiger partial charge in [0.25, 0.3) is 0 Å². The van der Waals surface area contributed by atoms with E-state index in [-0.39, 0.29) is 12.2 Å². The van der Waals surface area contributed by atoms with E-state index < -0.39 is 6.43 Å². The topological polar surface area (TPSA) is 20.2 Å². The molecule has 1 N–H and O–H groups in total. The van der Waals surface area contributed by atoms with Crippen molar-refractivity contribution in [1.82, 2.24) is 0 Å². The number of alkyl halides is 2. The summed E-state index contributed by atoms with van der Waals surface area (Å²) in [6, 6.07) is 4.83. The van der Waals surface area contributed by atoms with Crippen molar-refractivity contribution in [2.24, 2.45) is 0 Å². The zero-order valence-corrected chi connectivity index (χ0v) is 9.49. The van der Waals surface area contributed by atoms with E-state index in [1.54, 1.807) is 12.1 Å². The fourth-order valence-corrected chi connectivity index (χ4v) is 2.32. The van der Waals surface area contributed by atoms with Crippen molar-refractivity contribution in [2.75, 3.05) is 5.75 Å². The van der Waals surface area contributed by atoms with E-state index in [0.717, 1.165) is 0 Å². The number of hydrogen-bond donors (Lipinski definition) is 1. The molecule has 0 unspecified atom stereocenters. The van der Waals surface area contributed by atoms with Gasteiger partial charge in [-0.25, -0.2) is 8.78 Å². The van der Waals surface area contributed by atoms with Gasteiger partial charge in [0, 0.05) is 6.42 Å². The van der Waals surface area contributed by atoms with Gasteiger partial charge < -0.3 is 5.11 Å². The molecule has 1 aromatic rings. The highest BCUT2D eigenvalue weighted by Gasteiger charge is 2.07. The lowest BCUT2D eigenvalue weighted by atomic mass is 10.3. The number of thioether (sulfide) groups is 1. The van der Waals surface area contributed by atoms with Gasteiger partial charge in [-0.05, 0) is 24.3 Å². The Bertz CT molecular complexity index is 300. The molecule has 0 aromatic heterocycles. The molecular formula is C10H11ClF2OS. The van der Waals surface area contributed by atoms with Crippen LogP contribution in [-0.2, 0) is 0 Å². The molecule has 0 bridgehead atoms. The number of benzene rings is 1. The van der Waals surface area contributed by atoms with Crippen LogP contribution in [0.4, 0.5) is 8.78 Å². The molecule has 0 atom stereocenters. The first-order valence-corrected chi connectivity index (χ1v) is 5.86. The lowest BCUT2D eigenvalue weighted by Gasteiger charge is -2.05. The van der Waals surface area contributed by atoms with Crippen LogP contribution in [0.5, 0.6) is 5.75 Å². The maximum Gasteiger partial charge on any atom is 0.238 e. The number of halogens is 3. The summed E-state index contributed by atoms with van der Waals surface area (Å²) >= 11 is 7.14. The normalized spacial score (nSPS) is 10.9. The van der Waals surface area contributed by atoms with E-state index in [2.05, 4.69) is 0 Å². The van der Waals surface area contributed by atoms with Gasteiger partial charge in [0.05, 0.1) is 9.92 Å². The predicted molar refractivity (Wildman–Crippen MR) is 59.1 cm³/mol. The van der Waals surface area contributed by atoms with E-state index in [0.29, 0.717) is 22.1 Å². The fraction of sp³-hybridized carbons (Fsp3) is 0.400. The molecule has 0 saturated heterocycles. The third kappa shape index (κ3) is 4.26. The molecule has 84 valence electrons. The summed E-state index contributed by atoms with van der Waals surface area (Å²) in [4.78, 5) is 0.563. The average Bonchev–Trinajstić information content (AvgIpc) is 2.15. The SMILES string of the molecule is Oc1cccc(Cl)c1SCCCC(F)F. The summed E-state index contributed by atoms with van der Waals surface area (Å²) < 4.78 is 23.7. The molecule has 1 aromatic carbocycles. The van der Waals surface area contributed by atoms with Crippen molar-refractivity contribution in [3.05, 3.63) is 23.2 Å². The first-order chi connectivity index (χ1) is 7.11. The highest BCUT2D eigenvalue weighted by Crippen LogP contribution is 2.35. The maximum atomic E-state index is 11.8. The number of rotatable bonds is 5. The summed E-state index contributed by atoms with van der Waals surface area (Å²) in [5.41, 5.74) is 0. The second kappa shape index (κ2) is 6.18. The van der Waals surface area contributed by atoms with Crippen molar-refractivity contribution in [3.63, 3.8) is 0 Å². The summed E-state index contributed by atoms with van der Waals surface area (Å²) in [6.07, 6.45) is -1.96. The minimum atomic E-state index is -2.26. The maximum absolute atomic E-state index is 11.8. The molecular weight excluding hydrogens is 242 g/mol. The highest BCUT2D eigenvalue weighted by molar-refractivity contribution is 7.99. The molecule has 15 heavy (non-hydrogen) atoms. The van der Waals surface area contributed by atoms with Crippen LogP contribution in [-0.4, -0.2) is 17.3 Å². The second-order valence-corrected chi connectivity index (χ2v) is 4.48. The van der Waals surface area contributed by atoms with Crippen LogP contribution < -0.4 is 0 Å². The first kappa shape index (κ1) is 12.6. The number of aromatic hydroxyl groups is 1. The van der Waals surface area contributed by atoms with Crippen molar-refractivity contribution in [3.8, 4) is 5.75 Å². The van der Waals surface area contributed by atoms with E-state index in [9.17, 15) is 13.9 Å². The van der Waals surface area contributed by atoms with Crippen LogP contribution in [0.25, 0.3) is 0 Å². The van der Waals surface area contributed by atoms with Crippen molar-refractivity contribution in [1.29, 1.82) is 0 Å². The molecule has 0 heterocycles. The van der Waals surface area contributed by atoms with Gasteiger partial charge in [0.1, 0.15) is 5.75 Å². The molecule has 0 aliphatic heterocycles. The monoisotopic (exact) mass is 252 g/mol. The van der Waals surface area contributed by atoms with Crippen LogP contribution >= 0.6 is 23.4 Å². The van der Waals surface area contributed by atoms with Crippen LogP contribution in [0.1, 0.15) is 12.8 Å². The summed E-state index contributed by atoms with van der Waals surface area (Å²) in [7, 11) is 0. The number of phenolic OH excluding ortho intramolecular Hbond substituents is 1. The standard InChI is InChI=1S/C10H11ClF2OS/c11-7-3-1-4-8(14)10(7)15-6-2-5-9(12)13/h1,3-4,9,14H,2,5-6H2. The molecule has 5 heteroatoms. The van der Waals surface area contributed by atoms with Gasteiger partial charge in [-0.3, -0.25) is 0 Å². The van der Waals surface area contributed by atoms with Crippen LogP contribution in [0.2, 0.25) is 5.02 Å². The summed E-state index contributed by atoms with van der Waals surface area (Å²) in [6.45, 7) is 0. The Labute approximate surface area is 96.4 Å². The van der Waals surface area contributed by atoms with Crippen LogP contribution in [0, 0.1) is 0 Å². The van der Waals surface area contributed by atoms with Crippen molar-refractivity contribution >= 4 is 23.4 Å². The summed E-state index contributed by atoms with van der Waals surface area (Å²) in [5, 5.41) is 9.90. The van der Waals surface area contributed by atoms with Crippen LogP contribution in [0.15, 0.2) is 23.1 Å². The Morgan fingerprint density at radius 3 is 2.73 bits per heavy atom. The Morgan fingerprint density at radius 1 is 1.40 bits per heavy atom. The lowest BCUT2D eigenvalue weighted by molar-refractivity contribution is 0.137. The highest BCUT2D eigenvalue weighted by atomic mass is 35.5. The molecule has 0 aliphatic rings. The molecule has 0 amide bonds. The summed E-state index contributed by atoms with van der Waals surface area (Å²) in [5.74, 6) is 0.631. The zero-order chi connectivity index (χ0) is 11.3. The zero-order valence-electron chi connectivity index (χ0n) is 7.92. The third-order valence-corrected chi connectivity index (χ3v) is 3.40. The minimum Gasteiger partial charge on any atom is -0.507 e. The fourth-order valence-electron chi connectivity index (χ4n) is 1.05. The third-order valence-electron chi connectivity index (χ3n) is 1.76. The van der Waals surface area contributed by atoms with Crippen molar-refractivity contribution < 1.29 is 13.9 Å². The van der Waals surface area contributed by atoms with Gasteiger partial charge in [0.2, 0.25) is 6.43 Å². The van der Waals surface area contributed by atoms with Crippen molar-refractivity contribution in [2.45, 2.75) is 24.2 Å².